The fourth-order valence-electron chi connectivity index (χ4n) is 6.19. The van der Waals surface area contributed by atoms with Crippen LogP contribution in [0.5, 0.6) is 11.5 Å². The molecule has 5 rings (SSSR count). The number of rotatable bonds is 7. The maximum absolute atomic E-state index is 15.3. The number of β-amino-alcohol motifs (C(OH)–C–C–N with tert-alkyl or cyclic N) is 1. The van der Waals surface area contributed by atoms with Crippen molar-refractivity contribution in [3.63, 3.8) is 0 Å². The summed E-state index contributed by atoms with van der Waals surface area (Å²) >= 11 is 6.55. The quantitative estimate of drug-likeness (QED) is 0.423. The number of carbonyl (C=O) groups is 2. The van der Waals surface area contributed by atoms with Crippen LogP contribution >= 0.6 is 11.6 Å². The van der Waals surface area contributed by atoms with E-state index in [-0.39, 0.29) is 45.8 Å². The highest BCUT2D eigenvalue weighted by Crippen LogP contribution is 2.55. The maximum atomic E-state index is 15.3. The van der Waals surface area contributed by atoms with E-state index in [4.69, 9.17) is 21.1 Å². The van der Waals surface area contributed by atoms with Gasteiger partial charge in [0.1, 0.15) is 16.4 Å². The Kier molecular flexibility index (Phi) is 7.97. The molecule has 0 aromatic heterocycles. The van der Waals surface area contributed by atoms with Crippen molar-refractivity contribution < 1.29 is 32.6 Å². The van der Waals surface area contributed by atoms with Gasteiger partial charge >= 0.3 is 0 Å². The van der Waals surface area contributed by atoms with Crippen molar-refractivity contribution in [1.82, 2.24) is 9.80 Å². The van der Waals surface area contributed by atoms with Gasteiger partial charge in [0, 0.05) is 36.8 Å². The molecule has 2 heterocycles. The number of aliphatic hydroxyl groups excluding tert-OH is 1. The molecule has 3 aromatic carbocycles. The molecular weight excluding hydrogens is 594 g/mol. The van der Waals surface area contributed by atoms with Crippen LogP contribution < -0.4 is 13.8 Å². The van der Waals surface area contributed by atoms with Gasteiger partial charge in [0.05, 0.1) is 32.1 Å². The fourth-order valence-corrected chi connectivity index (χ4v) is 7.96. The average Bonchev–Trinajstić information content (AvgIpc) is 3.46. The molecule has 2 aliphatic heterocycles. The van der Waals surface area contributed by atoms with Crippen molar-refractivity contribution in [3.05, 3.63) is 81.9 Å². The van der Waals surface area contributed by atoms with E-state index in [0.717, 1.165) is 15.4 Å². The minimum absolute atomic E-state index is 0.0363. The van der Waals surface area contributed by atoms with Gasteiger partial charge in [0.2, 0.25) is 5.91 Å². The third kappa shape index (κ3) is 4.75. The summed E-state index contributed by atoms with van der Waals surface area (Å²) in [6.07, 6.45) is -0.936. The number of fused-ring (bicyclic) bond motifs is 1. The fraction of sp³-hybridized carbons (Fsp3) is 0.355. The topological polar surface area (TPSA) is 117 Å². The average molecular weight is 628 g/mol. The zero-order valence-corrected chi connectivity index (χ0v) is 26.4. The van der Waals surface area contributed by atoms with Crippen LogP contribution in [0.15, 0.2) is 59.5 Å². The lowest BCUT2D eigenvalue weighted by molar-refractivity contribution is -0.138. The number of anilines is 1. The maximum Gasteiger partial charge on any atom is 0.274 e. The Morgan fingerprint density at radius 3 is 2.28 bits per heavy atom. The number of aryl methyl sites for hydroxylation is 2. The summed E-state index contributed by atoms with van der Waals surface area (Å²) < 4.78 is 41.0. The normalized spacial score (nSPS) is 22.0. The van der Waals surface area contributed by atoms with E-state index in [2.05, 4.69) is 0 Å². The van der Waals surface area contributed by atoms with E-state index in [1.165, 1.54) is 37.3 Å². The van der Waals surface area contributed by atoms with E-state index in [9.17, 15) is 18.3 Å². The molecule has 1 saturated heterocycles. The lowest BCUT2D eigenvalue weighted by atomic mass is 9.80. The second kappa shape index (κ2) is 11.1. The van der Waals surface area contributed by atoms with Crippen molar-refractivity contribution in [1.29, 1.82) is 0 Å². The summed E-state index contributed by atoms with van der Waals surface area (Å²) in [4.78, 5) is 31.6. The lowest BCUT2D eigenvalue weighted by Gasteiger charge is -2.42. The van der Waals surface area contributed by atoms with Crippen LogP contribution in [0, 0.1) is 13.8 Å². The van der Waals surface area contributed by atoms with Crippen molar-refractivity contribution >= 4 is 39.1 Å². The van der Waals surface area contributed by atoms with Crippen molar-refractivity contribution in [2.75, 3.05) is 39.2 Å². The van der Waals surface area contributed by atoms with Crippen molar-refractivity contribution in [2.24, 2.45) is 0 Å². The number of carbonyl (C=O) groups excluding carboxylic acids is 2. The van der Waals surface area contributed by atoms with Gasteiger partial charge in [0.25, 0.3) is 15.9 Å². The van der Waals surface area contributed by atoms with Crippen LogP contribution in [0.1, 0.15) is 28.7 Å². The van der Waals surface area contributed by atoms with Gasteiger partial charge in [0.15, 0.2) is 5.54 Å². The first kappa shape index (κ1) is 30.8. The smallest absolute Gasteiger partial charge is 0.274 e. The molecule has 2 aliphatic rings. The largest absolute Gasteiger partial charge is 0.496 e. The molecule has 3 atom stereocenters. The second-order valence-corrected chi connectivity index (χ2v) is 13.3. The van der Waals surface area contributed by atoms with E-state index in [1.807, 2.05) is 6.92 Å². The Hall–Kier alpha value is -3.64. The Morgan fingerprint density at radius 2 is 1.63 bits per heavy atom. The highest BCUT2D eigenvalue weighted by Gasteiger charge is 2.64. The van der Waals surface area contributed by atoms with Crippen LogP contribution in [0.4, 0.5) is 5.69 Å². The third-order valence-corrected chi connectivity index (χ3v) is 10.1. The first-order valence-corrected chi connectivity index (χ1v) is 15.5. The zero-order chi connectivity index (χ0) is 31.4. The minimum atomic E-state index is -4.59. The number of hydrogen-bond donors (Lipinski definition) is 1. The third-order valence-electron chi connectivity index (χ3n) is 8.08. The summed E-state index contributed by atoms with van der Waals surface area (Å²) in [5, 5.41) is 11.2. The number of ether oxygens (including phenoxy) is 2. The number of aliphatic hydroxyl groups is 1. The molecule has 0 saturated carbocycles. The van der Waals surface area contributed by atoms with Gasteiger partial charge in [-0.15, -0.1) is 0 Å². The molecule has 228 valence electrons. The summed E-state index contributed by atoms with van der Waals surface area (Å²) in [6, 6.07) is 13.4. The van der Waals surface area contributed by atoms with Crippen LogP contribution in [0.3, 0.4) is 0 Å². The molecule has 3 aromatic rings. The van der Waals surface area contributed by atoms with Crippen LogP contribution in [0.25, 0.3) is 0 Å². The highest BCUT2D eigenvalue weighted by atomic mass is 35.5. The minimum Gasteiger partial charge on any atom is -0.496 e. The van der Waals surface area contributed by atoms with Gasteiger partial charge in [-0.1, -0.05) is 29.3 Å². The molecule has 0 radical (unpaired) electrons. The number of amides is 2. The molecule has 1 N–H and O–H groups in total. The summed E-state index contributed by atoms with van der Waals surface area (Å²) in [5.74, 6) is -0.830. The number of methoxy groups -OCH3 is 2. The molecule has 0 spiro atoms. The number of benzene rings is 3. The first-order valence-electron chi connectivity index (χ1n) is 13.6. The number of hydrogen-bond acceptors (Lipinski definition) is 8. The monoisotopic (exact) mass is 627 g/mol. The van der Waals surface area contributed by atoms with Crippen molar-refractivity contribution in [3.8, 4) is 11.5 Å². The molecule has 1 fully saturated rings. The SMILES string of the molecule is COc1ccc(C)cc1C1(N2C[C@H](O)C[C@H]2C(=O)N(C)C)C(=O)N(S(=O)(=O)c2ccc(C)cc2OC)c2ccc(Cl)cc21. The molecule has 1 unspecified atom stereocenters. The summed E-state index contributed by atoms with van der Waals surface area (Å²) in [5.41, 5.74) is 0.250. The molecule has 10 nitrogen and oxygen atoms in total. The van der Waals surface area contributed by atoms with E-state index in [0.29, 0.717) is 11.3 Å². The van der Waals surface area contributed by atoms with E-state index in [1.54, 1.807) is 62.3 Å². The van der Waals surface area contributed by atoms with Crippen LogP contribution in [0.2, 0.25) is 5.02 Å². The first-order chi connectivity index (χ1) is 20.3. The number of nitrogens with zero attached hydrogens (tertiary/aromatic N) is 3. The van der Waals surface area contributed by atoms with Gasteiger partial charge < -0.3 is 19.5 Å². The van der Waals surface area contributed by atoms with Crippen LogP contribution in [-0.4, -0.2) is 82.1 Å². The number of halogens is 1. The Morgan fingerprint density at radius 1 is 0.977 bits per heavy atom. The summed E-state index contributed by atoms with van der Waals surface area (Å²) in [7, 11) is 1.40. The van der Waals surface area contributed by atoms with E-state index >= 15 is 4.79 Å². The Labute approximate surface area is 256 Å². The van der Waals surface area contributed by atoms with Gasteiger partial charge in [-0.05, 0) is 68.3 Å². The van der Waals surface area contributed by atoms with Gasteiger partial charge in [-0.25, -0.2) is 12.7 Å². The van der Waals surface area contributed by atoms with E-state index < -0.39 is 33.6 Å². The molecule has 43 heavy (non-hydrogen) atoms. The van der Waals surface area contributed by atoms with Gasteiger partial charge in [-0.2, -0.15) is 0 Å². The molecule has 0 aliphatic carbocycles. The van der Waals surface area contributed by atoms with Gasteiger partial charge in [-0.3, -0.25) is 14.5 Å². The summed E-state index contributed by atoms with van der Waals surface area (Å²) in [6.45, 7) is 3.54. The Balaban J connectivity index is 1.90. The number of likely N-dealkylation sites (N-methyl/N-ethyl adjacent to an activating group) is 1. The molecule has 0 bridgehead atoms. The standard InChI is InChI=1S/C31H34ClN3O7S/c1-18-7-11-26(41-5)23(13-18)31(34-17-21(36)16-25(34)29(37)33(3)4)22-15-20(32)9-10-24(22)35(30(31)38)43(39,40)28-12-8-19(2)14-27(28)42-6/h7-15,21,25,36H,16-17H2,1-6H3/t21-,25+,31?/m1/s1. The predicted molar refractivity (Wildman–Crippen MR) is 162 cm³/mol. The zero-order valence-electron chi connectivity index (χ0n) is 24.8. The highest BCUT2D eigenvalue weighted by molar-refractivity contribution is 7.93. The van der Waals surface area contributed by atoms with Crippen molar-refractivity contribution in [2.45, 2.75) is 42.8 Å². The second-order valence-electron chi connectivity index (χ2n) is 11.1. The number of sulfonamides is 1. The van der Waals surface area contributed by atoms with Crippen LogP contribution in [-0.2, 0) is 25.2 Å². The number of likely N-dealkylation sites (tertiary alicyclic amines) is 1. The lowest BCUT2D eigenvalue weighted by Crippen LogP contribution is -2.59. The predicted octanol–water partition coefficient (Wildman–Crippen LogP) is 3.48. The molecule has 12 heteroatoms. The molecule has 2 amide bonds. The Bertz CT molecular complexity index is 1730. The molecular formula is C31H34ClN3O7S.